The van der Waals surface area contributed by atoms with Gasteiger partial charge >= 0.3 is 5.97 Å². The van der Waals surface area contributed by atoms with Crippen molar-refractivity contribution in [1.82, 2.24) is 9.88 Å². The Morgan fingerprint density at radius 1 is 1.29 bits per heavy atom. The second-order valence-corrected chi connectivity index (χ2v) is 7.25. The number of hydrogen-bond donors (Lipinski definition) is 1. The van der Waals surface area contributed by atoms with Crippen LogP contribution in [-0.2, 0) is 22.6 Å². The number of aliphatic carboxylic acids is 1. The van der Waals surface area contributed by atoms with E-state index in [1.807, 2.05) is 30.9 Å². The summed E-state index contributed by atoms with van der Waals surface area (Å²) in [7, 11) is 1.58. The normalized spacial score (nSPS) is 13.2. The minimum absolute atomic E-state index is 0.0700. The molecule has 1 N–H and O–H groups in total. The number of nitrogens with zero attached hydrogens (tertiary/aromatic N) is 2. The van der Waals surface area contributed by atoms with Crippen LogP contribution in [0.15, 0.2) is 30.5 Å². The molecule has 0 saturated heterocycles. The number of pyridine rings is 1. The summed E-state index contributed by atoms with van der Waals surface area (Å²) < 4.78 is 5.50. The first-order valence-electron chi connectivity index (χ1n) is 9.56. The van der Waals surface area contributed by atoms with Gasteiger partial charge in [-0.2, -0.15) is 0 Å². The number of hydrogen-bond acceptors (Lipinski definition) is 4. The number of carbonyl (C=O) groups is 2. The van der Waals surface area contributed by atoms with Crippen LogP contribution in [0.4, 0.5) is 0 Å². The summed E-state index contributed by atoms with van der Waals surface area (Å²) in [4.78, 5) is 30.2. The molecule has 1 heterocycles. The monoisotopic (exact) mass is 382 g/mol. The van der Waals surface area contributed by atoms with E-state index in [4.69, 9.17) is 9.84 Å². The van der Waals surface area contributed by atoms with Crippen LogP contribution in [0.5, 0.6) is 5.75 Å². The van der Waals surface area contributed by atoms with E-state index in [0.717, 1.165) is 35.2 Å². The standard InChI is InChI=1S/C22H26N2O4/c1-4-24(22(27)16-6-7-16)13-17-9-14(2)12-23-21(17)18-10-15(11-20(25)26)5-8-19(18)28-3/h5,8-10,12,16H,4,6-7,11,13H2,1-3H3,(H,25,26). The SMILES string of the molecule is CCN(Cc1cc(C)cnc1-c1cc(CC(=O)O)ccc1OC)C(=O)C1CC1. The van der Waals surface area contributed by atoms with Gasteiger partial charge in [-0.3, -0.25) is 14.6 Å². The predicted molar refractivity (Wildman–Crippen MR) is 106 cm³/mol. The lowest BCUT2D eigenvalue weighted by atomic mass is 9.99. The molecule has 3 rings (SSSR count). The van der Waals surface area contributed by atoms with Gasteiger partial charge in [-0.1, -0.05) is 12.1 Å². The van der Waals surface area contributed by atoms with Gasteiger partial charge in [0.05, 0.1) is 19.2 Å². The maximum absolute atomic E-state index is 12.6. The van der Waals surface area contributed by atoms with Crippen LogP contribution in [0.3, 0.4) is 0 Å². The molecule has 6 heteroatoms. The molecule has 0 bridgehead atoms. The van der Waals surface area contributed by atoms with Crippen molar-refractivity contribution >= 4 is 11.9 Å². The van der Waals surface area contributed by atoms with Gasteiger partial charge < -0.3 is 14.7 Å². The Labute approximate surface area is 165 Å². The fraction of sp³-hybridized carbons (Fsp3) is 0.409. The van der Waals surface area contributed by atoms with E-state index in [9.17, 15) is 9.59 Å². The predicted octanol–water partition coefficient (Wildman–Crippen LogP) is 3.45. The molecule has 1 aliphatic rings. The van der Waals surface area contributed by atoms with Crippen molar-refractivity contribution in [3.05, 3.63) is 47.2 Å². The molecule has 1 aliphatic carbocycles. The second-order valence-electron chi connectivity index (χ2n) is 7.25. The topological polar surface area (TPSA) is 79.7 Å². The van der Waals surface area contributed by atoms with Gasteiger partial charge in [-0.25, -0.2) is 0 Å². The van der Waals surface area contributed by atoms with Crippen LogP contribution in [0.1, 0.15) is 36.5 Å². The average molecular weight is 382 g/mol. The maximum Gasteiger partial charge on any atom is 0.307 e. The Morgan fingerprint density at radius 2 is 2.04 bits per heavy atom. The van der Waals surface area contributed by atoms with E-state index in [1.54, 1.807) is 25.4 Å². The highest BCUT2D eigenvalue weighted by Gasteiger charge is 2.33. The molecule has 2 aromatic rings. The summed E-state index contributed by atoms with van der Waals surface area (Å²) in [6.07, 6.45) is 3.65. The summed E-state index contributed by atoms with van der Waals surface area (Å²) in [6.45, 7) is 5.07. The number of methoxy groups -OCH3 is 1. The minimum atomic E-state index is -0.889. The zero-order chi connectivity index (χ0) is 20.3. The summed E-state index contributed by atoms with van der Waals surface area (Å²) in [5.74, 6) is 0.0971. The van der Waals surface area contributed by atoms with Crippen LogP contribution < -0.4 is 4.74 Å². The number of carboxylic acids is 1. The van der Waals surface area contributed by atoms with E-state index < -0.39 is 5.97 Å². The number of aromatic nitrogens is 1. The van der Waals surface area contributed by atoms with Crippen molar-refractivity contribution in [3.8, 4) is 17.0 Å². The van der Waals surface area contributed by atoms with Crippen LogP contribution in [0.25, 0.3) is 11.3 Å². The van der Waals surface area contributed by atoms with Crippen molar-refractivity contribution in [2.24, 2.45) is 5.92 Å². The van der Waals surface area contributed by atoms with Crippen molar-refractivity contribution in [1.29, 1.82) is 0 Å². The Balaban J connectivity index is 2.02. The summed E-state index contributed by atoms with van der Waals surface area (Å²) in [5, 5.41) is 9.12. The molecule has 1 saturated carbocycles. The van der Waals surface area contributed by atoms with E-state index in [-0.39, 0.29) is 18.2 Å². The number of benzene rings is 1. The van der Waals surface area contributed by atoms with E-state index >= 15 is 0 Å². The Kier molecular flexibility index (Phi) is 5.97. The third kappa shape index (κ3) is 4.50. The molecule has 28 heavy (non-hydrogen) atoms. The lowest BCUT2D eigenvalue weighted by Gasteiger charge is -2.23. The minimum Gasteiger partial charge on any atom is -0.496 e. The summed E-state index contributed by atoms with van der Waals surface area (Å²) in [6, 6.07) is 7.37. The van der Waals surface area contributed by atoms with Crippen molar-refractivity contribution in [2.75, 3.05) is 13.7 Å². The van der Waals surface area contributed by atoms with Gasteiger partial charge in [-0.15, -0.1) is 0 Å². The van der Waals surface area contributed by atoms with Gasteiger partial charge in [-0.05, 0) is 55.5 Å². The van der Waals surface area contributed by atoms with Gasteiger partial charge in [0.25, 0.3) is 0 Å². The lowest BCUT2D eigenvalue weighted by Crippen LogP contribution is -2.31. The first-order valence-corrected chi connectivity index (χ1v) is 9.56. The first kappa shape index (κ1) is 19.9. The molecule has 0 unspecified atom stereocenters. The van der Waals surface area contributed by atoms with Crippen LogP contribution in [0.2, 0.25) is 0 Å². The highest BCUT2D eigenvalue weighted by molar-refractivity contribution is 5.81. The third-order valence-corrected chi connectivity index (χ3v) is 4.96. The zero-order valence-corrected chi connectivity index (χ0v) is 16.6. The van der Waals surface area contributed by atoms with Crippen molar-refractivity contribution in [3.63, 3.8) is 0 Å². The molecule has 0 spiro atoms. The molecule has 0 radical (unpaired) electrons. The Morgan fingerprint density at radius 3 is 2.64 bits per heavy atom. The van der Waals surface area contributed by atoms with Gasteiger partial charge in [0, 0.05) is 30.8 Å². The second kappa shape index (κ2) is 8.42. The van der Waals surface area contributed by atoms with Gasteiger partial charge in [0.2, 0.25) is 5.91 Å². The fourth-order valence-corrected chi connectivity index (χ4v) is 3.36. The van der Waals surface area contributed by atoms with Crippen molar-refractivity contribution < 1.29 is 19.4 Å². The molecule has 1 fully saturated rings. The van der Waals surface area contributed by atoms with Gasteiger partial charge in [0.1, 0.15) is 5.75 Å². The molecule has 1 amide bonds. The fourth-order valence-electron chi connectivity index (χ4n) is 3.36. The molecular formula is C22H26N2O4. The van der Waals surface area contributed by atoms with Crippen LogP contribution in [-0.4, -0.2) is 40.5 Å². The number of ether oxygens (including phenoxy) is 1. The zero-order valence-electron chi connectivity index (χ0n) is 16.6. The third-order valence-electron chi connectivity index (χ3n) is 4.96. The largest absolute Gasteiger partial charge is 0.496 e. The van der Waals surface area contributed by atoms with Gasteiger partial charge in [0.15, 0.2) is 0 Å². The number of carboxylic acid groups (broad SMARTS) is 1. The summed E-state index contributed by atoms with van der Waals surface area (Å²) >= 11 is 0. The Hall–Kier alpha value is -2.89. The lowest BCUT2D eigenvalue weighted by molar-refractivity contribution is -0.136. The van der Waals surface area contributed by atoms with E-state index in [1.165, 1.54) is 0 Å². The van der Waals surface area contributed by atoms with E-state index in [2.05, 4.69) is 4.98 Å². The molecule has 1 aromatic carbocycles. The van der Waals surface area contributed by atoms with Crippen LogP contribution in [0, 0.1) is 12.8 Å². The number of rotatable bonds is 8. The Bertz CT molecular complexity index is 890. The summed E-state index contributed by atoms with van der Waals surface area (Å²) in [5.41, 5.74) is 4.08. The average Bonchev–Trinajstić information content (AvgIpc) is 3.50. The highest BCUT2D eigenvalue weighted by Crippen LogP contribution is 2.35. The molecule has 0 atom stereocenters. The van der Waals surface area contributed by atoms with Crippen LogP contribution >= 0.6 is 0 Å². The maximum atomic E-state index is 12.6. The molecule has 6 nitrogen and oxygen atoms in total. The molecular weight excluding hydrogens is 356 g/mol. The number of amides is 1. The smallest absolute Gasteiger partial charge is 0.307 e. The van der Waals surface area contributed by atoms with Crippen molar-refractivity contribution in [2.45, 2.75) is 39.7 Å². The molecule has 1 aromatic heterocycles. The highest BCUT2D eigenvalue weighted by atomic mass is 16.5. The molecule has 148 valence electrons. The first-order chi connectivity index (χ1) is 13.4. The quantitative estimate of drug-likeness (QED) is 0.756. The number of aryl methyl sites for hydroxylation is 1. The van der Waals surface area contributed by atoms with E-state index in [0.29, 0.717) is 24.4 Å². The molecule has 0 aliphatic heterocycles. The number of carbonyl (C=O) groups excluding carboxylic acids is 1.